The van der Waals surface area contributed by atoms with Crippen molar-refractivity contribution in [2.75, 3.05) is 12.4 Å². The first-order chi connectivity index (χ1) is 10.7. The number of hydrogen-bond acceptors (Lipinski definition) is 4. The van der Waals surface area contributed by atoms with E-state index in [-0.39, 0.29) is 6.10 Å². The van der Waals surface area contributed by atoms with Gasteiger partial charge < -0.3 is 10.1 Å². The fraction of sp³-hybridized carbons (Fsp3) is 0.529. The van der Waals surface area contributed by atoms with Crippen LogP contribution >= 0.6 is 0 Å². The lowest BCUT2D eigenvalue weighted by Gasteiger charge is -2.17. The Morgan fingerprint density at radius 1 is 1.36 bits per heavy atom. The van der Waals surface area contributed by atoms with Crippen LogP contribution in [-0.4, -0.2) is 28.3 Å². The highest BCUT2D eigenvalue weighted by molar-refractivity contribution is 5.35. The van der Waals surface area contributed by atoms with Gasteiger partial charge in [0.05, 0.1) is 0 Å². The van der Waals surface area contributed by atoms with E-state index in [0.717, 1.165) is 31.0 Å². The molecule has 2 N–H and O–H groups in total. The maximum Gasteiger partial charge on any atom is 0.217 e. The molecule has 2 aromatic rings. The molecule has 2 aromatic heterocycles. The SMILES string of the molecule is CNc1cc(C2CCC(Oc3ncccc3C(C)C)C2)[nH]n1. The largest absolute Gasteiger partial charge is 0.474 e. The van der Waals surface area contributed by atoms with Crippen LogP contribution in [0.5, 0.6) is 5.88 Å². The molecule has 22 heavy (non-hydrogen) atoms. The van der Waals surface area contributed by atoms with E-state index in [0.29, 0.717) is 11.8 Å². The van der Waals surface area contributed by atoms with Gasteiger partial charge in [-0.05, 0) is 31.2 Å². The highest BCUT2D eigenvalue weighted by Gasteiger charge is 2.29. The van der Waals surface area contributed by atoms with Gasteiger partial charge in [-0.15, -0.1) is 0 Å². The lowest BCUT2D eigenvalue weighted by atomic mass is 10.0. The van der Waals surface area contributed by atoms with E-state index >= 15 is 0 Å². The number of pyridine rings is 1. The molecular formula is C17H24N4O. The van der Waals surface area contributed by atoms with Crippen LogP contribution in [0.15, 0.2) is 24.4 Å². The Morgan fingerprint density at radius 2 is 2.23 bits per heavy atom. The monoisotopic (exact) mass is 300 g/mol. The molecular weight excluding hydrogens is 276 g/mol. The Balaban J connectivity index is 1.66. The Hall–Kier alpha value is -2.04. The topological polar surface area (TPSA) is 62.8 Å². The molecule has 0 saturated heterocycles. The second kappa shape index (κ2) is 6.38. The number of ether oxygens (including phenoxy) is 1. The zero-order chi connectivity index (χ0) is 15.5. The fourth-order valence-electron chi connectivity index (χ4n) is 3.10. The van der Waals surface area contributed by atoms with Crippen molar-refractivity contribution < 1.29 is 4.74 Å². The maximum absolute atomic E-state index is 6.19. The maximum atomic E-state index is 6.19. The summed E-state index contributed by atoms with van der Waals surface area (Å²) in [7, 11) is 1.88. The van der Waals surface area contributed by atoms with Crippen LogP contribution in [0.1, 0.15) is 56.2 Å². The summed E-state index contributed by atoms with van der Waals surface area (Å²) in [5.41, 5.74) is 2.38. The molecule has 0 amide bonds. The normalized spacial score (nSPS) is 21.3. The second-order valence-corrected chi connectivity index (χ2v) is 6.26. The molecule has 118 valence electrons. The van der Waals surface area contributed by atoms with Crippen LogP contribution in [-0.2, 0) is 0 Å². The molecule has 0 bridgehead atoms. The zero-order valence-electron chi connectivity index (χ0n) is 13.5. The van der Waals surface area contributed by atoms with Crippen LogP contribution in [0, 0.1) is 0 Å². The number of aromatic nitrogens is 3. The quantitative estimate of drug-likeness (QED) is 0.884. The molecule has 1 aliphatic rings. The molecule has 0 radical (unpaired) electrons. The van der Waals surface area contributed by atoms with E-state index < -0.39 is 0 Å². The lowest BCUT2D eigenvalue weighted by Crippen LogP contribution is -2.14. The Kier molecular flexibility index (Phi) is 4.32. The summed E-state index contributed by atoms with van der Waals surface area (Å²) in [5, 5.41) is 10.4. The molecule has 1 aliphatic carbocycles. The smallest absolute Gasteiger partial charge is 0.217 e. The van der Waals surface area contributed by atoms with E-state index in [1.807, 2.05) is 19.3 Å². The summed E-state index contributed by atoms with van der Waals surface area (Å²) in [6.07, 6.45) is 5.24. The van der Waals surface area contributed by atoms with Crippen molar-refractivity contribution in [3.05, 3.63) is 35.7 Å². The van der Waals surface area contributed by atoms with Crippen molar-refractivity contribution in [2.24, 2.45) is 0 Å². The van der Waals surface area contributed by atoms with Crippen LogP contribution < -0.4 is 10.1 Å². The first-order valence-electron chi connectivity index (χ1n) is 8.02. The Bertz CT molecular complexity index is 623. The number of H-pyrrole nitrogens is 1. The molecule has 1 saturated carbocycles. The number of rotatable bonds is 5. The van der Waals surface area contributed by atoms with Crippen molar-refractivity contribution in [1.29, 1.82) is 0 Å². The first-order valence-corrected chi connectivity index (χ1v) is 8.02. The van der Waals surface area contributed by atoms with Gasteiger partial charge in [-0.3, -0.25) is 5.10 Å². The minimum atomic E-state index is 0.235. The molecule has 0 spiro atoms. The summed E-state index contributed by atoms with van der Waals surface area (Å²) >= 11 is 0. The number of anilines is 1. The molecule has 0 aromatic carbocycles. The predicted molar refractivity (Wildman–Crippen MR) is 87.5 cm³/mol. The molecule has 5 heteroatoms. The molecule has 0 aliphatic heterocycles. The van der Waals surface area contributed by atoms with Crippen LogP contribution in [0.4, 0.5) is 5.82 Å². The number of nitrogens with one attached hydrogen (secondary N) is 2. The summed E-state index contributed by atoms with van der Waals surface area (Å²) in [5.74, 6) is 2.60. The number of hydrogen-bond donors (Lipinski definition) is 2. The third-order valence-electron chi connectivity index (χ3n) is 4.38. The van der Waals surface area contributed by atoms with Gasteiger partial charge in [-0.25, -0.2) is 4.98 Å². The number of nitrogens with zero attached hydrogens (tertiary/aromatic N) is 2. The van der Waals surface area contributed by atoms with Crippen molar-refractivity contribution in [3.63, 3.8) is 0 Å². The molecule has 1 fully saturated rings. The summed E-state index contributed by atoms with van der Waals surface area (Å²) in [4.78, 5) is 4.43. The highest BCUT2D eigenvalue weighted by Crippen LogP contribution is 2.37. The van der Waals surface area contributed by atoms with Gasteiger partial charge in [0.2, 0.25) is 5.88 Å². The molecule has 2 heterocycles. The molecule has 2 unspecified atom stereocenters. The average molecular weight is 300 g/mol. The van der Waals surface area contributed by atoms with E-state index in [9.17, 15) is 0 Å². The van der Waals surface area contributed by atoms with Crippen LogP contribution in [0.3, 0.4) is 0 Å². The van der Waals surface area contributed by atoms with Crippen molar-refractivity contribution in [3.8, 4) is 5.88 Å². The van der Waals surface area contributed by atoms with Gasteiger partial charge in [0.15, 0.2) is 0 Å². The number of aromatic amines is 1. The predicted octanol–water partition coefficient (Wildman–Crippen LogP) is 3.68. The highest BCUT2D eigenvalue weighted by atomic mass is 16.5. The van der Waals surface area contributed by atoms with E-state index in [1.54, 1.807) is 0 Å². The van der Waals surface area contributed by atoms with Gasteiger partial charge in [-0.2, -0.15) is 5.10 Å². The summed E-state index contributed by atoms with van der Waals surface area (Å²) in [6.45, 7) is 4.34. The van der Waals surface area contributed by atoms with Crippen LogP contribution in [0.25, 0.3) is 0 Å². The Morgan fingerprint density at radius 3 is 2.95 bits per heavy atom. The third-order valence-corrected chi connectivity index (χ3v) is 4.38. The third kappa shape index (κ3) is 3.08. The lowest BCUT2D eigenvalue weighted by molar-refractivity contribution is 0.196. The molecule has 3 rings (SSSR count). The van der Waals surface area contributed by atoms with E-state index in [1.165, 1.54) is 11.3 Å². The summed E-state index contributed by atoms with van der Waals surface area (Å²) in [6, 6.07) is 6.17. The van der Waals surface area contributed by atoms with Crippen LogP contribution in [0.2, 0.25) is 0 Å². The minimum Gasteiger partial charge on any atom is -0.474 e. The summed E-state index contributed by atoms with van der Waals surface area (Å²) < 4.78 is 6.19. The van der Waals surface area contributed by atoms with E-state index in [4.69, 9.17) is 4.74 Å². The fourth-order valence-corrected chi connectivity index (χ4v) is 3.10. The van der Waals surface area contributed by atoms with Gasteiger partial charge in [0, 0.05) is 36.5 Å². The minimum absolute atomic E-state index is 0.235. The molecule has 2 atom stereocenters. The van der Waals surface area contributed by atoms with Crippen molar-refractivity contribution in [2.45, 2.75) is 51.0 Å². The second-order valence-electron chi connectivity index (χ2n) is 6.26. The molecule has 5 nitrogen and oxygen atoms in total. The van der Waals surface area contributed by atoms with Gasteiger partial charge in [-0.1, -0.05) is 19.9 Å². The van der Waals surface area contributed by atoms with Crippen molar-refractivity contribution in [1.82, 2.24) is 15.2 Å². The van der Waals surface area contributed by atoms with Crippen molar-refractivity contribution >= 4 is 5.82 Å². The first kappa shape index (κ1) is 14.9. The average Bonchev–Trinajstić information content (AvgIpc) is 3.16. The Labute approximate surface area is 131 Å². The van der Waals surface area contributed by atoms with Gasteiger partial charge >= 0.3 is 0 Å². The van der Waals surface area contributed by atoms with Gasteiger partial charge in [0.1, 0.15) is 11.9 Å². The standard InChI is InChI=1S/C17H24N4O/c1-11(2)14-5-4-8-19-17(14)22-13-7-6-12(9-13)15-10-16(18-3)21-20-15/h4-5,8,10-13H,6-7,9H2,1-3H3,(H2,18,20,21). The van der Waals surface area contributed by atoms with E-state index in [2.05, 4.69) is 46.5 Å². The van der Waals surface area contributed by atoms with Gasteiger partial charge in [0.25, 0.3) is 0 Å². The zero-order valence-corrected chi connectivity index (χ0v) is 13.5.